The number of hydrogen-bond acceptors (Lipinski definition) is 4. The molecule has 1 amide bonds. The highest BCUT2D eigenvalue weighted by atomic mass is 35.5. The molecular weight excluding hydrogens is 376 g/mol. The molecule has 3 aromatic rings. The average molecular weight is 399 g/mol. The lowest BCUT2D eigenvalue weighted by Gasteiger charge is -2.22. The van der Waals surface area contributed by atoms with Crippen LogP contribution in [0.4, 0.5) is 0 Å². The second-order valence-corrected chi connectivity index (χ2v) is 6.78. The summed E-state index contributed by atoms with van der Waals surface area (Å²) in [7, 11) is 1.53. The van der Waals surface area contributed by atoms with E-state index in [2.05, 4.69) is 23.1 Å². The molecule has 0 N–H and O–H groups in total. The lowest BCUT2D eigenvalue weighted by molar-refractivity contribution is 0.0754. The highest BCUT2D eigenvalue weighted by Gasteiger charge is 2.22. The largest absolute Gasteiger partial charge is 0.496 e. The summed E-state index contributed by atoms with van der Waals surface area (Å²) >= 11 is 6.11. The van der Waals surface area contributed by atoms with Crippen LogP contribution in [0.5, 0.6) is 5.75 Å². The molecule has 1 aromatic carbocycles. The Morgan fingerprint density at radius 3 is 2.93 bits per heavy atom. The Kier molecular flexibility index (Phi) is 6.31. The van der Waals surface area contributed by atoms with Crippen molar-refractivity contribution in [2.75, 3.05) is 13.7 Å². The smallest absolute Gasteiger partial charge is 0.258 e. The van der Waals surface area contributed by atoms with Crippen molar-refractivity contribution in [3.63, 3.8) is 0 Å². The number of aromatic nitrogens is 3. The highest BCUT2D eigenvalue weighted by Crippen LogP contribution is 2.25. The van der Waals surface area contributed by atoms with Crippen molar-refractivity contribution in [1.29, 1.82) is 0 Å². The van der Waals surface area contributed by atoms with Crippen LogP contribution in [0.25, 0.3) is 11.2 Å². The SMILES string of the molecule is C=CCN(Cc1nc2cccnc2n1CCC)C(=O)c1cc(Cl)ccc1OC. The molecule has 0 fully saturated rings. The Hall–Kier alpha value is -2.86. The first-order valence-electron chi connectivity index (χ1n) is 9.12. The molecule has 0 aliphatic heterocycles. The van der Waals surface area contributed by atoms with Crippen LogP contribution in [-0.2, 0) is 13.1 Å². The minimum atomic E-state index is -0.192. The number of hydrogen-bond donors (Lipinski definition) is 0. The zero-order chi connectivity index (χ0) is 20.1. The minimum Gasteiger partial charge on any atom is -0.496 e. The zero-order valence-electron chi connectivity index (χ0n) is 16.1. The second-order valence-electron chi connectivity index (χ2n) is 6.34. The van der Waals surface area contributed by atoms with Crippen molar-refractivity contribution < 1.29 is 9.53 Å². The van der Waals surface area contributed by atoms with Crippen LogP contribution in [0, 0.1) is 0 Å². The van der Waals surface area contributed by atoms with Gasteiger partial charge in [-0.3, -0.25) is 4.79 Å². The third-order valence-electron chi connectivity index (χ3n) is 4.39. The lowest BCUT2D eigenvalue weighted by atomic mass is 10.1. The number of carbonyl (C=O) groups excluding carboxylic acids is 1. The zero-order valence-corrected chi connectivity index (χ0v) is 16.8. The molecule has 28 heavy (non-hydrogen) atoms. The van der Waals surface area contributed by atoms with Gasteiger partial charge in [-0.05, 0) is 36.8 Å². The first-order chi connectivity index (χ1) is 13.6. The summed E-state index contributed by atoms with van der Waals surface area (Å²) in [5.74, 6) is 1.07. The van der Waals surface area contributed by atoms with Crippen molar-refractivity contribution in [3.8, 4) is 5.75 Å². The lowest BCUT2D eigenvalue weighted by Crippen LogP contribution is -2.32. The molecule has 3 rings (SSSR count). The van der Waals surface area contributed by atoms with Gasteiger partial charge in [0.15, 0.2) is 5.65 Å². The number of pyridine rings is 1. The van der Waals surface area contributed by atoms with Crippen molar-refractivity contribution in [1.82, 2.24) is 19.4 Å². The Morgan fingerprint density at radius 2 is 2.21 bits per heavy atom. The molecular formula is C21H23ClN4O2. The van der Waals surface area contributed by atoms with Gasteiger partial charge >= 0.3 is 0 Å². The number of halogens is 1. The molecule has 0 radical (unpaired) electrons. The number of amides is 1. The van der Waals surface area contributed by atoms with Crippen LogP contribution < -0.4 is 4.74 Å². The van der Waals surface area contributed by atoms with E-state index in [-0.39, 0.29) is 5.91 Å². The number of fused-ring (bicyclic) bond motifs is 1. The minimum absolute atomic E-state index is 0.192. The number of nitrogens with zero attached hydrogens (tertiary/aromatic N) is 4. The van der Waals surface area contributed by atoms with Crippen LogP contribution >= 0.6 is 11.6 Å². The van der Waals surface area contributed by atoms with Gasteiger partial charge in [0.05, 0.1) is 19.2 Å². The maximum absolute atomic E-state index is 13.2. The van der Waals surface area contributed by atoms with Crippen LogP contribution in [-0.4, -0.2) is 39.0 Å². The monoisotopic (exact) mass is 398 g/mol. The third kappa shape index (κ3) is 4.02. The van der Waals surface area contributed by atoms with Crippen molar-refractivity contribution in [2.24, 2.45) is 0 Å². The molecule has 0 saturated heterocycles. The van der Waals surface area contributed by atoms with Gasteiger partial charge in [0.25, 0.3) is 5.91 Å². The number of carbonyl (C=O) groups is 1. The van der Waals surface area contributed by atoms with Gasteiger partial charge in [-0.1, -0.05) is 24.6 Å². The number of aryl methyl sites for hydroxylation is 1. The normalized spacial score (nSPS) is 10.8. The average Bonchev–Trinajstić information content (AvgIpc) is 3.04. The van der Waals surface area contributed by atoms with E-state index < -0.39 is 0 Å². The fourth-order valence-corrected chi connectivity index (χ4v) is 3.32. The molecule has 2 heterocycles. The third-order valence-corrected chi connectivity index (χ3v) is 4.63. The fraction of sp³-hybridized carbons (Fsp3) is 0.286. The van der Waals surface area contributed by atoms with E-state index in [1.54, 1.807) is 35.4 Å². The number of benzene rings is 1. The number of imidazole rings is 1. The van der Waals surface area contributed by atoms with Crippen molar-refractivity contribution >= 4 is 28.7 Å². The molecule has 6 nitrogen and oxygen atoms in total. The Morgan fingerprint density at radius 1 is 1.39 bits per heavy atom. The molecule has 0 bridgehead atoms. The Bertz CT molecular complexity index is 999. The van der Waals surface area contributed by atoms with E-state index in [0.29, 0.717) is 29.4 Å². The molecule has 0 aliphatic rings. The summed E-state index contributed by atoms with van der Waals surface area (Å²) in [4.78, 5) is 24.1. The molecule has 2 aromatic heterocycles. The van der Waals surface area contributed by atoms with E-state index in [1.807, 2.05) is 12.1 Å². The van der Waals surface area contributed by atoms with Crippen LogP contribution in [0.2, 0.25) is 5.02 Å². The summed E-state index contributed by atoms with van der Waals surface area (Å²) in [6.07, 6.45) is 4.38. The molecule has 0 atom stereocenters. The highest BCUT2D eigenvalue weighted by molar-refractivity contribution is 6.31. The standard InChI is InChI=1S/C21H23ClN4O2/c1-4-11-25(21(27)16-13-15(22)8-9-18(16)28-3)14-19-24-17-7-6-10-23-20(17)26(19)12-5-2/h4,6-10,13H,1,5,11-12,14H2,2-3H3. The van der Waals surface area contributed by atoms with Gasteiger partial charge in [-0.25, -0.2) is 9.97 Å². The second kappa shape index (κ2) is 8.89. The fourth-order valence-electron chi connectivity index (χ4n) is 3.15. The van der Waals surface area contributed by atoms with Gasteiger partial charge < -0.3 is 14.2 Å². The topological polar surface area (TPSA) is 60.2 Å². The molecule has 0 spiro atoms. The summed E-state index contributed by atoms with van der Waals surface area (Å²) in [5, 5.41) is 0.477. The number of ether oxygens (including phenoxy) is 1. The molecule has 0 unspecified atom stereocenters. The molecule has 0 aliphatic carbocycles. The van der Waals surface area contributed by atoms with Crippen LogP contribution in [0.1, 0.15) is 29.5 Å². The van der Waals surface area contributed by atoms with Crippen molar-refractivity contribution in [2.45, 2.75) is 26.4 Å². The number of rotatable bonds is 8. The predicted molar refractivity (Wildman–Crippen MR) is 111 cm³/mol. The van der Waals surface area contributed by atoms with Crippen LogP contribution in [0.15, 0.2) is 49.2 Å². The van der Waals surface area contributed by atoms with E-state index in [1.165, 1.54) is 7.11 Å². The molecule has 0 saturated carbocycles. The Balaban J connectivity index is 1.99. The quantitative estimate of drug-likeness (QED) is 0.530. The van der Waals surface area contributed by atoms with Gasteiger partial charge in [0, 0.05) is 24.3 Å². The van der Waals surface area contributed by atoms with E-state index in [4.69, 9.17) is 21.3 Å². The van der Waals surface area contributed by atoms with E-state index in [9.17, 15) is 4.79 Å². The maximum Gasteiger partial charge on any atom is 0.258 e. The van der Waals surface area contributed by atoms with Crippen LogP contribution in [0.3, 0.4) is 0 Å². The maximum atomic E-state index is 13.2. The summed E-state index contributed by atoms with van der Waals surface area (Å²) in [5.41, 5.74) is 2.05. The first-order valence-corrected chi connectivity index (χ1v) is 9.50. The van der Waals surface area contributed by atoms with E-state index in [0.717, 1.165) is 30.0 Å². The first kappa shape index (κ1) is 19.9. The Labute approximate surface area is 169 Å². The number of methoxy groups -OCH3 is 1. The van der Waals surface area contributed by atoms with Gasteiger partial charge in [-0.15, -0.1) is 6.58 Å². The van der Waals surface area contributed by atoms with Gasteiger partial charge in [0.1, 0.15) is 17.1 Å². The molecule has 146 valence electrons. The van der Waals surface area contributed by atoms with Gasteiger partial charge in [-0.2, -0.15) is 0 Å². The van der Waals surface area contributed by atoms with Crippen molar-refractivity contribution in [3.05, 3.63) is 65.6 Å². The summed E-state index contributed by atoms with van der Waals surface area (Å²) in [6, 6.07) is 8.80. The summed E-state index contributed by atoms with van der Waals surface area (Å²) < 4.78 is 7.41. The molecule has 7 heteroatoms. The summed E-state index contributed by atoms with van der Waals surface area (Å²) in [6.45, 7) is 7.37. The predicted octanol–water partition coefficient (Wildman–Crippen LogP) is 4.33. The van der Waals surface area contributed by atoms with Gasteiger partial charge in [0.2, 0.25) is 0 Å². The van der Waals surface area contributed by atoms with E-state index >= 15 is 0 Å².